The van der Waals surface area contributed by atoms with E-state index in [0.29, 0.717) is 24.6 Å². The molecule has 1 aliphatic rings. The van der Waals surface area contributed by atoms with Crippen LogP contribution in [0.3, 0.4) is 0 Å². The molecule has 0 saturated carbocycles. The van der Waals surface area contributed by atoms with Crippen LogP contribution < -0.4 is 5.32 Å². The van der Waals surface area contributed by atoms with Crippen molar-refractivity contribution in [3.8, 4) is 0 Å². The third-order valence-corrected chi connectivity index (χ3v) is 4.37. The summed E-state index contributed by atoms with van der Waals surface area (Å²) in [5, 5.41) is 10.5. The highest BCUT2D eigenvalue weighted by Gasteiger charge is 2.34. The topological polar surface area (TPSA) is 75.2 Å². The zero-order valence-electron chi connectivity index (χ0n) is 12.2. The standard InChI is InChI=1S/C15H15FN4O2S/c16-12-3-1-10(2-4-12)5-6-20-8-11(7-13(20)21)14(22)18-15-19-17-9-23-15/h1-4,9,11H,5-8H2,(H,18,19,22)/t11-/m1/s1. The summed E-state index contributed by atoms with van der Waals surface area (Å²) in [6, 6.07) is 6.21. The van der Waals surface area contributed by atoms with Gasteiger partial charge in [0.25, 0.3) is 0 Å². The Balaban J connectivity index is 1.52. The normalized spacial score (nSPS) is 17.5. The summed E-state index contributed by atoms with van der Waals surface area (Å²) < 4.78 is 12.9. The highest BCUT2D eigenvalue weighted by molar-refractivity contribution is 7.13. The minimum absolute atomic E-state index is 0.0375. The predicted octanol–water partition coefficient (Wildman–Crippen LogP) is 1.71. The molecule has 2 aromatic rings. The molecule has 0 unspecified atom stereocenters. The molecule has 2 heterocycles. The molecule has 1 saturated heterocycles. The summed E-state index contributed by atoms with van der Waals surface area (Å²) in [6.07, 6.45) is 0.838. The Hall–Kier alpha value is -2.35. The minimum atomic E-state index is -0.375. The summed E-state index contributed by atoms with van der Waals surface area (Å²) in [5.41, 5.74) is 2.49. The SMILES string of the molecule is O=C(Nc1nncs1)[C@@H]1CC(=O)N(CCc2ccc(F)cc2)C1. The summed E-state index contributed by atoms with van der Waals surface area (Å²) in [7, 11) is 0. The number of anilines is 1. The zero-order valence-corrected chi connectivity index (χ0v) is 13.1. The van der Waals surface area contributed by atoms with E-state index in [9.17, 15) is 14.0 Å². The Morgan fingerprint density at radius 2 is 2.17 bits per heavy atom. The molecule has 6 nitrogen and oxygen atoms in total. The molecule has 1 aliphatic heterocycles. The molecule has 3 rings (SSSR count). The van der Waals surface area contributed by atoms with Crippen LogP contribution in [0.4, 0.5) is 9.52 Å². The molecule has 1 fully saturated rings. The number of carbonyl (C=O) groups is 2. The van der Waals surface area contributed by atoms with Crippen LogP contribution in [0.15, 0.2) is 29.8 Å². The Labute approximate surface area is 136 Å². The molecule has 1 N–H and O–H groups in total. The largest absolute Gasteiger partial charge is 0.342 e. The van der Waals surface area contributed by atoms with Crippen LogP contribution in [0.5, 0.6) is 0 Å². The second-order valence-corrected chi connectivity index (χ2v) is 6.18. The maximum Gasteiger partial charge on any atom is 0.231 e. The lowest BCUT2D eigenvalue weighted by atomic mass is 10.1. The second kappa shape index (κ2) is 6.82. The molecule has 2 amide bonds. The van der Waals surface area contributed by atoms with E-state index < -0.39 is 0 Å². The van der Waals surface area contributed by atoms with E-state index in [-0.39, 0.29) is 30.0 Å². The van der Waals surface area contributed by atoms with Gasteiger partial charge in [0.1, 0.15) is 11.3 Å². The molecular formula is C15H15FN4O2S. The number of likely N-dealkylation sites (tertiary alicyclic amines) is 1. The van der Waals surface area contributed by atoms with E-state index in [1.54, 1.807) is 17.0 Å². The molecule has 0 spiro atoms. The van der Waals surface area contributed by atoms with Gasteiger partial charge < -0.3 is 10.2 Å². The fourth-order valence-corrected chi connectivity index (χ4v) is 2.96. The predicted molar refractivity (Wildman–Crippen MR) is 83.3 cm³/mol. The number of nitrogens with one attached hydrogen (secondary N) is 1. The quantitative estimate of drug-likeness (QED) is 0.903. The van der Waals surface area contributed by atoms with Gasteiger partial charge in [-0.15, -0.1) is 10.2 Å². The van der Waals surface area contributed by atoms with Gasteiger partial charge in [-0.3, -0.25) is 9.59 Å². The van der Waals surface area contributed by atoms with E-state index in [0.717, 1.165) is 5.56 Å². The Kier molecular flexibility index (Phi) is 4.61. The summed E-state index contributed by atoms with van der Waals surface area (Å²) in [5.74, 6) is -0.900. The van der Waals surface area contributed by atoms with E-state index in [1.807, 2.05) is 0 Å². The third-order valence-electron chi connectivity index (χ3n) is 3.76. The van der Waals surface area contributed by atoms with Crippen LogP contribution in [0, 0.1) is 11.7 Å². The van der Waals surface area contributed by atoms with E-state index >= 15 is 0 Å². The first-order valence-corrected chi connectivity index (χ1v) is 8.09. The van der Waals surface area contributed by atoms with Gasteiger partial charge in [-0.2, -0.15) is 0 Å². The van der Waals surface area contributed by atoms with Gasteiger partial charge in [0, 0.05) is 19.5 Å². The number of hydrogen-bond donors (Lipinski definition) is 1. The van der Waals surface area contributed by atoms with Crippen LogP contribution in [-0.2, 0) is 16.0 Å². The summed E-state index contributed by atoms with van der Waals surface area (Å²) in [6.45, 7) is 0.914. The van der Waals surface area contributed by atoms with Gasteiger partial charge in [0.15, 0.2) is 0 Å². The first-order valence-electron chi connectivity index (χ1n) is 7.21. The zero-order chi connectivity index (χ0) is 16.2. The molecule has 23 heavy (non-hydrogen) atoms. The second-order valence-electron chi connectivity index (χ2n) is 5.35. The number of hydrogen-bond acceptors (Lipinski definition) is 5. The molecule has 1 aromatic heterocycles. The van der Waals surface area contributed by atoms with Crippen molar-refractivity contribution in [2.24, 2.45) is 5.92 Å². The fraction of sp³-hybridized carbons (Fsp3) is 0.333. The molecule has 120 valence electrons. The number of nitrogens with zero attached hydrogens (tertiary/aromatic N) is 3. The first kappa shape index (κ1) is 15.5. The van der Waals surface area contributed by atoms with Gasteiger partial charge in [0.05, 0.1) is 5.92 Å². The third kappa shape index (κ3) is 3.89. The van der Waals surface area contributed by atoms with Crippen molar-refractivity contribution >= 4 is 28.3 Å². The molecule has 0 bridgehead atoms. The molecule has 1 aromatic carbocycles. The van der Waals surface area contributed by atoms with E-state index in [4.69, 9.17) is 0 Å². The van der Waals surface area contributed by atoms with Gasteiger partial charge in [-0.05, 0) is 24.1 Å². The molecule has 0 aliphatic carbocycles. The number of benzene rings is 1. The number of rotatable bonds is 5. The number of aromatic nitrogens is 2. The van der Waals surface area contributed by atoms with Crippen molar-refractivity contribution in [1.82, 2.24) is 15.1 Å². The summed E-state index contributed by atoms with van der Waals surface area (Å²) >= 11 is 1.24. The Morgan fingerprint density at radius 3 is 2.87 bits per heavy atom. The Bertz CT molecular complexity index is 690. The van der Waals surface area contributed by atoms with Gasteiger partial charge >= 0.3 is 0 Å². The molecule has 8 heteroatoms. The maximum atomic E-state index is 12.9. The van der Waals surface area contributed by atoms with Crippen molar-refractivity contribution in [3.63, 3.8) is 0 Å². The molecule has 1 atom stereocenters. The van der Waals surface area contributed by atoms with Crippen molar-refractivity contribution < 1.29 is 14.0 Å². The van der Waals surface area contributed by atoms with Crippen LogP contribution in [-0.4, -0.2) is 40.0 Å². The average molecular weight is 334 g/mol. The summed E-state index contributed by atoms with van der Waals surface area (Å²) in [4.78, 5) is 25.8. The average Bonchev–Trinajstić information content (AvgIpc) is 3.16. The Morgan fingerprint density at radius 1 is 1.39 bits per heavy atom. The number of amides is 2. The van der Waals surface area contributed by atoms with Crippen molar-refractivity contribution in [3.05, 3.63) is 41.2 Å². The van der Waals surface area contributed by atoms with Gasteiger partial charge in [0.2, 0.25) is 16.9 Å². The molecular weight excluding hydrogens is 319 g/mol. The van der Waals surface area contributed by atoms with E-state index in [1.165, 1.54) is 29.0 Å². The molecule has 0 radical (unpaired) electrons. The van der Waals surface area contributed by atoms with Crippen LogP contribution in [0.25, 0.3) is 0 Å². The first-order chi connectivity index (χ1) is 11.1. The highest BCUT2D eigenvalue weighted by Crippen LogP contribution is 2.20. The van der Waals surface area contributed by atoms with Crippen molar-refractivity contribution in [2.45, 2.75) is 12.8 Å². The van der Waals surface area contributed by atoms with Gasteiger partial charge in [-0.1, -0.05) is 23.5 Å². The smallest absolute Gasteiger partial charge is 0.231 e. The lowest BCUT2D eigenvalue weighted by Crippen LogP contribution is -2.30. The van der Waals surface area contributed by atoms with Crippen molar-refractivity contribution in [1.29, 1.82) is 0 Å². The minimum Gasteiger partial charge on any atom is -0.342 e. The lowest BCUT2D eigenvalue weighted by Gasteiger charge is -2.16. The van der Waals surface area contributed by atoms with Crippen molar-refractivity contribution in [2.75, 3.05) is 18.4 Å². The number of carbonyl (C=O) groups excluding carboxylic acids is 2. The monoisotopic (exact) mass is 334 g/mol. The fourth-order valence-electron chi connectivity index (χ4n) is 2.51. The maximum absolute atomic E-state index is 12.9. The van der Waals surface area contributed by atoms with E-state index in [2.05, 4.69) is 15.5 Å². The van der Waals surface area contributed by atoms with Gasteiger partial charge in [-0.25, -0.2) is 4.39 Å². The van der Waals surface area contributed by atoms with Crippen LogP contribution in [0.1, 0.15) is 12.0 Å². The van der Waals surface area contributed by atoms with Crippen LogP contribution >= 0.6 is 11.3 Å². The lowest BCUT2D eigenvalue weighted by molar-refractivity contribution is -0.128. The van der Waals surface area contributed by atoms with Crippen LogP contribution in [0.2, 0.25) is 0 Å². The highest BCUT2D eigenvalue weighted by atomic mass is 32.1. The number of halogens is 1.